The quantitative estimate of drug-likeness (QED) is 0.801. The predicted octanol–water partition coefficient (Wildman–Crippen LogP) is 3.03. The molecule has 7 heteroatoms. The number of hydrogen-bond acceptors (Lipinski definition) is 5. The van der Waals surface area contributed by atoms with Crippen molar-refractivity contribution >= 4 is 10.0 Å². The third kappa shape index (κ3) is 3.68. The lowest BCUT2D eigenvalue weighted by Gasteiger charge is -2.34. The van der Waals surface area contributed by atoms with Crippen molar-refractivity contribution in [2.45, 2.75) is 53.0 Å². The van der Waals surface area contributed by atoms with Gasteiger partial charge in [0, 0.05) is 32.2 Å². The van der Waals surface area contributed by atoms with Gasteiger partial charge >= 0.3 is 0 Å². The van der Waals surface area contributed by atoms with Crippen LogP contribution in [0.1, 0.15) is 39.3 Å². The van der Waals surface area contributed by atoms with Gasteiger partial charge in [-0.2, -0.15) is 4.31 Å². The van der Waals surface area contributed by atoms with E-state index in [-0.39, 0.29) is 0 Å². The van der Waals surface area contributed by atoms with Crippen LogP contribution in [0.15, 0.2) is 15.5 Å². The van der Waals surface area contributed by atoms with Gasteiger partial charge in [0.2, 0.25) is 10.0 Å². The molecule has 3 rings (SSSR count). The summed E-state index contributed by atoms with van der Waals surface area (Å²) < 4.78 is 33.7. The second kappa shape index (κ2) is 7.37. The van der Waals surface area contributed by atoms with Gasteiger partial charge in [-0.1, -0.05) is 5.16 Å². The maximum Gasteiger partial charge on any atom is 0.243 e. The summed E-state index contributed by atoms with van der Waals surface area (Å²) in [6.07, 6.45) is 0. The first-order valence-corrected chi connectivity index (χ1v) is 10.8. The molecule has 1 aromatic carbocycles. The first-order chi connectivity index (χ1) is 12.6. The molecule has 0 spiro atoms. The molecule has 148 valence electrons. The van der Waals surface area contributed by atoms with Gasteiger partial charge < -0.3 is 4.52 Å². The Kier molecular flexibility index (Phi) is 5.47. The summed E-state index contributed by atoms with van der Waals surface area (Å²) in [5.41, 5.74) is 5.91. The Morgan fingerprint density at radius 1 is 0.889 bits per heavy atom. The third-order valence-electron chi connectivity index (χ3n) is 5.92. The highest BCUT2D eigenvalue weighted by atomic mass is 32.2. The lowest BCUT2D eigenvalue weighted by atomic mass is 9.95. The molecule has 0 amide bonds. The van der Waals surface area contributed by atoms with E-state index in [2.05, 4.69) is 17.0 Å². The van der Waals surface area contributed by atoms with Gasteiger partial charge in [-0.15, -0.1) is 0 Å². The molecule has 1 fully saturated rings. The lowest BCUT2D eigenvalue weighted by Crippen LogP contribution is -2.48. The maximum atomic E-state index is 13.4. The molecule has 1 saturated heterocycles. The summed E-state index contributed by atoms with van der Waals surface area (Å²) in [6, 6.07) is 1.92. The van der Waals surface area contributed by atoms with Crippen LogP contribution in [-0.2, 0) is 16.6 Å². The third-order valence-corrected chi connectivity index (χ3v) is 8.09. The van der Waals surface area contributed by atoms with Gasteiger partial charge in [-0.3, -0.25) is 4.90 Å². The second-order valence-electron chi connectivity index (χ2n) is 7.57. The van der Waals surface area contributed by atoms with Gasteiger partial charge in [-0.05, 0) is 69.4 Å². The smallest absolute Gasteiger partial charge is 0.243 e. The molecule has 1 aromatic heterocycles. The summed E-state index contributed by atoms with van der Waals surface area (Å²) >= 11 is 0. The van der Waals surface area contributed by atoms with Crippen molar-refractivity contribution in [3.63, 3.8) is 0 Å². The zero-order valence-corrected chi connectivity index (χ0v) is 17.9. The topological polar surface area (TPSA) is 66.7 Å². The highest BCUT2D eigenvalue weighted by Gasteiger charge is 2.32. The van der Waals surface area contributed by atoms with Crippen LogP contribution in [0.4, 0.5) is 0 Å². The van der Waals surface area contributed by atoms with E-state index >= 15 is 0 Å². The van der Waals surface area contributed by atoms with E-state index in [4.69, 9.17) is 4.52 Å². The van der Waals surface area contributed by atoms with Gasteiger partial charge in [0.25, 0.3) is 0 Å². The zero-order valence-electron chi connectivity index (χ0n) is 17.1. The highest BCUT2D eigenvalue weighted by molar-refractivity contribution is 7.89. The van der Waals surface area contributed by atoms with Crippen LogP contribution in [0.3, 0.4) is 0 Å². The van der Waals surface area contributed by atoms with Crippen LogP contribution in [0.2, 0.25) is 0 Å². The van der Waals surface area contributed by atoms with Crippen LogP contribution < -0.4 is 0 Å². The predicted molar refractivity (Wildman–Crippen MR) is 105 cm³/mol. The van der Waals surface area contributed by atoms with Crippen LogP contribution in [0, 0.1) is 41.5 Å². The minimum absolute atomic E-state index is 0.486. The average molecular weight is 392 g/mol. The summed E-state index contributed by atoms with van der Waals surface area (Å²) in [6.45, 7) is 14.8. The second-order valence-corrected chi connectivity index (χ2v) is 9.44. The number of aryl methyl sites for hydroxylation is 1. The summed E-state index contributed by atoms with van der Waals surface area (Å²) in [5.74, 6) is 0.820. The first-order valence-electron chi connectivity index (χ1n) is 9.34. The zero-order chi connectivity index (χ0) is 19.9. The fourth-order valence-electron chi connectivity index (χ4n) is 3.82. The maximum absolute atomic E-state index is 13.4. The number of sulfonamides is 1. The Labute approximate surface area is 162 Å². The molecule has 2 aromatic rings. The standard InChI is InChI=1S/C20H29N3O3S/c1-13-11-19(26-21-13)12-22-7-9-23(10-8-22)27(24,25)20-17(5)15(3)14(2)16(4)18(20)6/h11H,7-10,12H2,1-6H3. The summed E-state index contributed by atoms with van der Waals surface area (Å²) in [7, 11) is -3.51. The largest absolute Gasteiger partial charge is 0.360 e. The Balaban J connectivity index is 1.80. The molecule has 1 aliphatic rings. The van der Waals surface area contributed by atoms with E-state index in [1.165, 1.54) is 5.56 Å². The molecular formula is C20H29N3O3S. The molecule has 0 unspecified atom stereocenters. The van der Waals surface area contributed by atoms with Crippen molar-refractivity contribution in [2.75, 3.05) is 26.2 Å². The molecule has 0 N–H and O–H groups in total. The van der Waals surface area contributed by atoms with Crippen LogP contribution >= 0.6 is 0 Å². The fourth-order valence-corrected chi connectivity index (χ4v) is 5.80. The highest BCUT2D eigenvalue weighted by Crippen LogP contribution is 2.32. The normalized spacial score (nSPS) is 16.8. The van der Waals surface area contributed by atoms with Crippen molar-refractivity contribution in [1.82, 2.24) is 14.4 Å². The van der Waals surface area contributed by atoms with E-state index in [0.29, 0.717) is 37.6 Å². The van der Waals surface area contributed by atoms with E-state index in [9.17, 15) is 8.42 Å². The van der Waals surface area contributed by atoms with E-state index in [0.717, 1.165) is 33.7 Å². The van der Waals surface area contributed by atoms with Crippen molar-refractivity contribution < 1.29 is 12.9 Å². The average Bonchev–Trinajstić information content (AvgIpc) is 3.03. The molecule has 0 aliphatic carbocycles. The van der Waals surface area contributed by atoms with Crippen molar-refractivity contribution in [1.29, 1.82) is 0 Å². The Morgan fingerprint density at radius 3 is 1.89 bits per heavy atom. The molecule has 6 nitrogen and oxygen atoms in total. The Hall–Kier alpha value is -1.70. The minimum atomic E-state index is -3.51. The van der Waals surface area contributed by atoms with Crippen LogP contribution in [-0.4, -0.2) is 49.0 Å². The summed E-state index contributed by atoms with van der Waals surface area (Å²) in [5, 5.41) is 3.91. The Morgan fingerprint density at radius 2 is 1.41 bits per heavy atom. The lowest BCUT2D eigenvalue weighted by molar-refractivity contribution is 0.166. The van der Waals surface area contributed by atoms with Crippen LogP contribution in [0.5, 0.6) is 0 Å². The van der Waals surface area contributed by atoms with Crippen molar-refractivity contribution in [2.24, 2.45) is 0 Å². The van der Waals surface area contributed by atoms with Gasteiger partial charge in [-0.25, -0.2) is 8.42 Å². The number of benzene rings is 1. The Bertz CT molecular complexity index is 926. The number of nitrogens with zero attached hydrogens (tertiary/aromatic N) is 3. The minimum Gasteiger partial charge on any atom is -0.360 e. The van der Waals surface area contributed by atoms with E-state index < -0.39 is 10.0 Å². The molecule has 0 radical (unpaired) electrons. The fraction of sp³-hybridized carbons (Fsp3) is 0.550. The molecular weight excluding hydrogens is 362 g/mol. The molecule has 0 bridgehead atoms. The molecule has 1 aliphatic heterocycles. The van der Waals surface area contributed by atoms with E-state index in [1.54, 1.807) is 4.31 Å². The van der Waals surface area contributed by atoms with Gasteiger partial charge in [0.1, 0.15) is 0 Å². The first kappa shape index (κ1) is 20.0. The molecule has 2 heterocycles. The van der Waals surface area contributed by atoms with Gasteiger partial charge in [0.15, 0.2) is 5.76 Å². The monoisotopic (exact) mass is 391 g/mol. The molecule has 0 saturated carbocycles. The van der Waals surface area contributed by atoms with Crippen LogP contribution in [0.25, 0.3) is 0 Å². The number of hydrogen-bond donors (Lipinski definition) is 0. The molecule has 27 heavy (non-hydrogen) atoms. The number of rotatable bonds is 4. The van der Waals surface area contributed by atoms with Gasteiger partial charge in [0.05, 0.1) is 17.1 Å². The number of piperazine rings is 1. The number of aromatic nitrogens is 1. The SMILES string of the molecule is Cc1cc(CN2CCN(S(=O)(=O)c3c(C)c(C)c(C)c(C)c3C)CC2)on1. The molecule has 0 atom stereocenters. The van der Waals surface area contributed by atoms with Crippen molar-refractivity contribution in [3.8, 4) is 0 Å². The van der Waals surface area contributed by atoms with Crippen molar-refractivity contribution in [3.05, 3.63) is 45.3 Å². The van der Waals surface area contributed by atoms with E-state index in [1.807, 2.05) is 40.7 Å². The summed E-state index contributed by atoms with van der Waals surface area (Å²) in [4.78, 5) is 2.69.